The molecule has 0 aromatic heterocycles. The van der Waals surface area contributed by atoms with E-state index in [1.54, 1.807) is 30.3 Å². The largest absolute Gasteiger partial charge is 0.490 e. The van der Waals surface area contributed by atoms with Gasteiger partial charge in [0, 0.05) is 16.1 Å². The summed E-state index contributed by atoms with van der Waals surface area (Å²) in [6.07, 6.45) is 1.62. The predicted octanol–water partition coefficient (Wildman–Crippen LogP) is 6.20. The molecule has 0 saturated carbocycles. The third-order valence-electron chi connectivity index (χ3n) is 4.91. The molecule has 0 aliphatic carbocycles. The topological polar surface area (TPSA) is 63.7 Å². The molecule has 1 saturated heterocycles. The Morgan fingerprint density at radius 3 is 2.50 bits per heavy atom. The third-order valence-corrected chi connectivity index (χ3v) is 6.07. The second kappa shape index (κ2) is 9.18. The number of imide groups is 1. The highest BCUT2D eigenvalue weighted by atomic mass is 35.5. The first-order valence-corrected chi connectivity index (χ1v) is 11.3. The molecule has 0 bridgehead atoms. The Morgan fingerprint density at radius 1 is 1.06 bits per heavy atom. The fourth-order valence-electron chi connectivity index (χ4n) is 3.42. The van der Waals surface area contributed by atoms with Crippen LogP contribution in [0.15, 0.2) is 65.6 Å². The summed E-state index contributed by atoms with van der Waals surface area (Å²) in [5, 5.41) is 1.93. The molecule has 1 aliphatic heterocycles. The Bertz CT molecular complexity index is 1250. The number of fused-ring (bicyclic) bond motifs is 1. The van der Waals surface area contributed by atoms with Gasteiger partial charge in [-0.05, 0) is 72.8 Å². The van der Waals surface area contributed by atoms with E-state index in [1.807, 2.05) is 50.2 Å². The van der Waals surface area contributed by atoms with Gasteiger partial charge in [-0.2, -0.15) is 0 Å². The standard InChI is InChI=1S/C25H20ClNO4S/c1-15(2)31-22-12-9-16-5-3-4-6-19(16)20(22)13-23-24(29)27(25(30)32-23)14-21(28)17-7-10-18(26)11-8-17/h3-13,15H,14H2,1-2H3/b23-13+. The van der Waals surface area contributed by atoms with E-state index < -0.39 is 11.1 Å². The summed E-state index contributed by atoms with van der Waals surface area (Å²) < 4.78 is 5.96. The minimum atomic E-state index is -0.495. The summed E-state index contributed by atoms with van der Waals surface area (Å²) in [7, 11) is 0. The number of carbonyl (C=O) groups excluding carboxylic acids is 3. The smallest absolute Gasteiger partial charge is 0.293 e. The molecule has 4 rings (SSSR count). The average Bonchev–Trinajstić information content (AvgIpc) is 3.03. The molecule has 162 valence electrons. The first kappa shape index (κ1) is 22.1. The number of thioether (sulfide) groups is 1. The maximum Gasteiger partial charge on any atom is 0.293 e. The highest BCUT2D eigenvalue weighted by Gasteiger charge is 2.36. The Hall–Kier alpha value is -3.09. The number of rotatable bonds is 6. The zero-order chi connectivity index (χ0) is 22.8. The van der Waals surface area contributed by atoms with Crippen LogP contribution >= 0.6 is 23.4 Å². The van der Waals surface area contributed by atoms with Crippen molar-refractivity contribution in [2.45, 2.75) is 20.0 Å². The number of benzene rings is 3. The molecule has 3 aromatic carbocycles. The number of ketones is 1. The minimum absolute atomic E-state index is 0.0598. The van der Waals surface area contributed by atoms with Crippen molar-refractivity contribution < 1.29 is 19.1 Å². The van der Waals surface area contributed by atoms with Gasteiger partial charge >= 0.3 is 0 Å². The molecule has 3 aromatic rings. The van der Waals surface area contributed by atoms with Gasteiger partial charge in [-0.15, -0.1) is 0 Å². The summed E-state index contributed by atoms with van der Waals surface area (Å²) in [4.78, 5) is 39.4. The van der Waals surface area contributed by atoms with Crippen molar-refractivity contribution in [3.63, 3.8) is 0 Å². The molecule has 0 radical (unpaired) electrons. The molecular weight excluding hydrogens is 446 g/mol. The number of hydrogen-bond donors (Lipinski definition) is 0. The average molecular weight is 466 g/mol. The Labute approximate surface area is 195 Å². The van der Waals surface area contributed by atoms with E-state index >= 15 is 0 Å². The first-order valence-electron chi connectivity index (χ1n) is 10.1. The first-order chi connectivity index (χ1) is 15.3. The van der Waals surface area contributed by atoms with Crippen molar-refractivity contribution in [2.24, 2.45) is 0 Å². The SMILES string of the molecule is CC(C)Oc1ccc2ccccc2c1/C=C1/SC(=O)N(CC(=O)c2ccc(Cl)cc2)C1=O. The Morgan fingerprint density at radius 2 is 1.78 bits per heavy atom. The Balaban J connectivity index is 1.66. The molecule has 0 spiro atoms. The maximum atomic E-state index is 13.0. The number of hydrogen-bond acceptors (Lipinski definition) is 5. The van der Waals surface area contributed by atoms with Crippen molar-refractivity contribution in [1.29, 1.82) is 0 Å². The van der Waals surface area contributed by atoms with Crippen LogP contribution < -0.4 is 4.74 Å². The summed E-state index contributed by atoms with van der Waals surface area (Å²) in [6, 6.07) is 17.9. The van der Waals surface area contributed by atoms with Crippen LogP contribution in [-0.4, -0.2) is 34.5 Å². The van der Waals surface area contributed by atoms with Crippen molar-refractivity contribution in [3.8, 4) is 5.75 Å². The predicted molar refractivity (Wildman–Crippen MR) is 128 cm³/mol. The summed E-state index contributed by atoms with van der Waals surface area (Å²) in [5.41, 5.74) is 1.12. The molecule has 1 aliphatic rings. The van der Waals surface area contributed by atoms with Crippen LogP contribution in [-0.2, 0) is 4.79 Å². The van der Waals surface area contributed by atoms with E-state index in [4.69, 9.17) is 16.3 Å². The highest BCUT2D eigenvalue weighted by Crippen LogP contribution is 2.37. The van der Waals surface area contributed by atoms with Crippen LogP contribution in [0.1, 0.15) is 29.8 Å². The summed E-state index contributed by atoms with van der Waals surface area (Å²) in [6.45, 7) is 3.53. The molecule has 2 amide bonds. The van der Waals surface area contributed by atoms with Crippen LogP contribution in [0.5, 0.6) is 5.75 Å². The van der Waals surface area contributed by atoms with E-state index in [9.17, 15) is 14.4 Å². The molecule has 0 unspecified atom stereocenters. The number of Topliss-reactive ketones (excluding diaryl/α,β-unsaturated/α-hetero) is 1. The zero-order valence-electron chi connectivity index (χ0n) is 17.5. The van der Waals surface area contributed by atoms with E-state index in [0.29, 0.717) is 16.3 Å². The normalized spacial score (nSPS) is 15.2. The van der Waals surface area contributed by atoms with E-state index in [-0.39, 0.29) is 23.3 Å². The summed E-state index contributed by atoms with van der Waals surface area (Å²) >= 11 is 6.69. The van der Waals surface area contributed by atoms with Crippen molar-refractivity contribution >= 4 is 57.1 Å². The van der Waals surface area contributed by atoms with Crippen molar-refractivity contribution in [3.05, 3.63) is 81.7 Å². The van der Waals surface area contributed by atoms with Crippen LogP contribution in [0.2, 0.25) is 5.02 Å². The number of ether oxygens (including phenoxy) is 1. The highest BCUT2D eigenvalue weighted by molar-refractivity contribution is 8.18. The lowest BCUT2D eigenvalue weighted by Crippen LogP contribution is -2.33. The van der Waals surface area contributed by atoms with Gasteiger partial charge in [-0.1, -0.05) is 41.9 Å². The molecule has 32 heavy (non-hydrogen) atoms. The van der Waals surface area contributed by atoms with Gasteiger partial charge in [0.1, 0.15) is 5.75 Å². The third kappa shape index (κ3) is 4.56. The molecule has 1 fully saturated rings. The summed E-state index contributed by atoms with van der Waals surface area (Å²) in [5.74, 6) is -0.201. The van der Waals surface area contributed by atoms with Gasteiger partial charge < -0.3 is 4.74 Å². The molecule has 7 heteroatoms. The van der Waals surface area contributed by atoms with Crippen LogP contribution in [0.25, 0.3) is 16.8 Å². The van der Waals surface area contributed by atoms with Crippen molar-refractivity contribution in [1.82, 2.24) is 4.90 Å². The molecule has 0 atom stereocenters. The van der Waals surface area contributed by atoms with Gasteiger partial charge in [0.15, 0.2) is 5.78 Å². The molecular formula is C25H20ClNO4S. The number of amides is 2. The van der Waals surface area contributed by atoms with Gasteiger partial charge in [0.05, 0.1) is 17.6 Å². The molecule has 0 N–H and O–H groups in total. The lowest BCUT2D eigenvalue weighted by Gasteiger charge is -2.15. The van der Waals surface area contributed by atoms with Gasteiger partial charge in [0.25, 0.3) is 11.1 Å². The van der Waals surface area contributed by atoms with Gasteiger partial charge in [0.2, 0.25) is 0 Å². The van der Waals surface area contributed by atoms with Gasteiger partial charge in [-0.3, -0.25) is 19.3 Å². The van der Waals surface area contributed by atoms with Crippen LogP contribution in [0, 0.1) is 0 Å². The number of nitrogens with zero attached hydrogens (tertiary/aromatic N) is 1. The van der Waals surface area contributed by atoms with E-state index in [2.05, 4.69) is 0 Å². The maximum absolute atomic E-state index is 13.0. The quantitative estimate of drug-likeness (QED) is 0.320. The van der Waals surface area contributed by atoms with Crippen LogP contribution in [0.3, 0.4) is 0 Å². The van der Waals surface area contributed by atoms with Crippen molar-refractivity contribution in [2.75, 3.05) is 6.54 Å². The fraction of sp³-hybridized carbons (Fsp3) is 0.160. The number of carbonyl (C=O) groups is 3. The zero-order valence-corrected chi connectivity index (χ0v) is 19.1. The number of halogens is 1. The Kier molecular flexibility index (Phi) is 6.35. The van der Waals surface area contributed by atoms with Crippen LogP contribution in [0.4, 0.5) is 4.79 Å². The monoisotopic (exact) mass is 465 g/mol. The van der Waals surface area contributed by atoms with Gasteiger partial charge in [-0.25, -0.2) is 0 Å². The van der Waals surface area contributed by atoms with E-state index in [1.165, 1.54) is 0 Å². The second-order valence-corrected chi connectivity index (χ2v) is 8.99. The second-order valence-electron chi connectivity index (χ2n) is 7.56. The minimum Gasteiger partial charge on any atom is -0.490 e. The molecule has 5 nitrogen and oxygen atoms in total. The lowest BCUT2D eigenvalue weighted by molar-refractivity contribution is -0.122. The molecule has 1 heterocycles. The fourth-order valence-corrected chi connectivity index (χ4v) is 4.37. The van der Waals surface area contributed by atoms with E-state index in [0.717, 1.165) is 33.0 Å². The lowest BCUT2D eigenvalue weighted by atomic mass is 10.0.